The first-order valence-electron chi connectivity index (χ1n) is 7.16. The molecule has 1 amide bonds. The summed E-state index contributed by atoms with van der Waals surface area (Å²) in [5, 5.41) is 3.01. The molecule has 4 heteroatoms. The minimum Gasteiger partial charge on any atom is -0.354 e. The SMILES string of the molecule is O=C1NCCCCC1n1ccnc1C1CCCC1. The van der Waals surface area contributed by atoms with Gasteiger partial charge in [-0.2, -0.15) is 0 Å². The summed E-state index contributed by atoms with van der Waals surface area (Å²) < 4.78 is 2.14. The van der Waals surface area contributed by atoms with Crippen molar-refractivity contribution in [2.24, 2.45) is 0 Å². The van der Waals surface area contributed by atoms with Crippen molar-refractivity contribution >= 4 is 5.91 Å². The minimum absolute atomic E-state index is 0.0365. The van der Waals surface area contributed by atoms with Gasteiger partial charge in [0.05, 0.1) is 0 Å². The summed E-state index contributed by atoms with van der Waals surface area (Å²) in [6.07, 6.45) is 12.1. The molecule has 1 N–H and O–H groups in total. The standard InChI is InChI=1S/C14H21N3O/c18-14-12(7-3-4-8-16-14)17-10-9-15-13(17)11-5-1-2-6-11/h9-12H,1-8H2,(H,16,18). The van der Waals surface area contributed by atoms with Gasteiger partial charge >= 0.3 is 0 Å². The molecule has 0 bridgehead atoms. The molecule has 0 aromatic carbocycles. The molecular formula is C14H21N3O. The van der Waals surface area contributed by atoms with E-state index < -0.39 is 0 Å². The second-order valence-corrected chi connectivity index (χ2v) is 5.48. The molecule has 1 unspecified atom stereocenters. The maximum atomic E-state index is 12.1. The Balaban J connectivity index is 1.86. The second-order valence-electron chi connectivity index (χ2n) is 5.48. The summed E-state index contributed by atoms with van der Waals surface area (Å²) in [6, 6.07) is -0.0365. The number of nitrogens with one attached hydrogen (secondary N) is 1. The second kappa shape index (κ2) is 5.12. The Morgan fingerprint density at radius 2 is 1.94 bits per heavy atom. The highest BCUT2D eigenvalue weighted by molar-refractivity contribution is 5.80. The van der Waals surface area contributed by atoms with Gasteiger partial charge in [0, 0.05) is 24.9 Å². The molecule has 1 aromatic heterocycles. The summed E-state index contributed by atoms with van der Waals surface area (Å²) in [5.41, 5.74) is 0. The summed E-state index contributed by atoms with van der Waals surface area (Å²) in [5.74, 6) is 1.87. The molecule has 1 aromatic rings. The first-order valence-corrected chi connectivity index (χ1v) is 7.16. The molecule has 18 heavy (non-hydrogen) atoms. The van der Waals surface area contributed by atoms with Gasteiger partial charge in [0.15, 0.2) is 0 Å². The van der Waals surface area contributed by atoms with Crippen LogP contribution in [0.5, 0.6) is 0 Å². The van der Waals surface area contributed by atoms with Crippen LogP contribution in [-0.4, -0.2) is 22.0 Å². The molecule has 2 fully saturated rings. The summed E-state index contributed by atoms with van der Waals surface area (Å²) in [7, 11) is 0. The molecule has 2 aliphatic rings. The van der Waals surface area contributed by atoms with Crippen LogP contribution in [0.1, 0.15) is 62.7 Å². The smallest absolute Gasteiger partial charge is 0.243 e. The van der Waals surface area contributed by atoms with E-state index in [2.05, 4.69) is 14.9 Å². The van der Waals surface area contributed by atoms with Crippen LogP contribution in [0.25, 0.3) is 0 Å². The molecule has 1 saturated heterocycles. The fraction of sp³-hybridized carbons (Fsp3) is 0.714. The Morgan fingerprint density at radius 1 is 1.17 bits per heavy atom. The number of aromatic nitrogens is 2. The van der Waals surface area contributed by atoms with E-state index in [0.717, 1.165) is 31.6 Å². The molecule has 0 radical (unpaired) electrons. The number of imidazole rings is 1. The lowest BCUT2D eigenvalue weighted by molar-refractivity contribution is -0.124. The molecule has 1 aliphatic carbocycles. The Morgan fingerprint density at radius 3 is 2.78 bits per heavy atom. The van der Waals surface area contributed by atoms with Gasteiger partial charge in [0.1, 0.15) is 11.9 Å². The van der Waals surface area contributed by atoms with E-state index in [-0.39, 0.29) is 11.9 Å². The minimum atomic E-state index is -0.0365. The van der Waals surface area contributed by atoms with Crippen molar-refractivity contribution in [1.82, 2.24) is 14.9 Å². The third-order valence-corrected chi connectivity index (χ3v) is 4.26. The van der Waals surface area contributed by atoms with E-state index in [0.29, 0.717) is 5.92 Å². The molecule has 3 rings (SSSR count). The normalized spacial score (nSPS) is 26.0. The molecule has 1 saturated carbocycles. The number of hydrogen-bond donors (Lipinski definition) is 1. The van der Waals surface area contributed by atoms with Crippen molar-refractivity contribution in [3.05, 3.63) is 18.2 Å². The van der Waals surface area contributed by atoms with E-state index in [1.807, 2.05) is 12.4 Å². The molecular weight excluding hydrogens is 226 g/mol. The number of hydrogen-bond acceptors (Lipinski definition) is 2. The zero-order valence-electron chi connectivity index (χ0n) is 10.8. The zero-order valence-corrected chi connectivity index (χ0v) is 10.8. The molecule has 98 valence electrons. The molecule has 0 spiro atoms. The Kier molecular flexibility index (Phi) is 3.35. The molecule has 1 aliphatic heterocycles. The third-order valence-electron chi connectivity index (χ3n) is 4.26. The largest absolute Gasteiger partial charge is 0.354 e. The topological polar surface area (TPSA) is 46.9 Å². The van der Waals surface area contributed by atoms with Crippen molar-refractivity contribution in [3.8, 4) is 0 Å². The zero-order chi connectivity index (χ0) is 12.4. The monoisotopic (exact) mass is 247 g/mol. The lowest BCUT2D eigenvalue weighted by Crippen LogP contribution is -2.31. The highest BCUT2D eigenvalue weighted by Gasteiger charge is 2.28. The van der Waals surface area contributed by atoms with Gasteiger partial charge in [0.2, 0.25) is 5.91 Å². The first-order chi connectivity index (χ1) is 8.86. The predicted molar refractivity (Wildman–Crippen MR) is 69.3 cm³/mol. The Labute approximate surface area is 108 Å². The Bertz CT molecular complexity index is 420. The van der Waals surface area contributed by atoms with Gasteiger partial charge in [-0.3, -0.25) is 4.79 Å². The number of nitrogens with zero attached hydrogens (tertiary/aromatic N) is 2. The lowest BCUT2D eigenvalue weighted by Gasteiger charge is -2.20. The van der Waals surface area contributed by atoms with Crippen LogP contribution < -0.4 is 5.32 Å². The summed E-state index contributed by atoms with van der Waals surface area (Å²) in [4.78, 5) is 16.6. The van der Waals surface area contributed by atoms with Crippen LogP contribution in [0, 0.1) is 0 Å². The number of rotatable bonds is 2. The summed E-state index contributed by atoms with van der Waals surface area (Å²) >= 11 is 0. The van der Waals surface area contributed by atoms with Crippen LogP contribution in [0.15, 0.2) is 12.4 Å². The van der Waals surface area contributed by atoms with Gasteiger partial charge in [-0.25, -0.2) is 4.98 Å². The summed E-state index contributed by atoms with van der Waals surface area (Å²) in [6.45, 7) is 0.822. The lowest BCUT2D eigenvalue weighted by atomic mass is 10.1. The van der Waals surface area contributed by atoms with Crippen molar-refractivity contribution < 1.29 is 4.79 Å². The van der Waals surface area contributed by atoms with Crippen LogP contribution in [0.4, 0.5) is 0 Å². The number of amides is 1. The van der Waals surface area contributed by atoms with Gasteiger partial charge < -0.3 is 9.88 Å². The van der Waals surface area contributed by atoms with Crippen LogP contribution in [0.2, 0.25) is 0 Å². The van der Waals surface area contributed by atoms with E-state index in [1.165, 1.54) is 25.7 Å². The third kappa shape index (κ3) is 2.16. The van der Waals surface area contributed by atoms with Gasteiger partial charge in [-0.15, -0.1) is 0 Å². The quantitative estimate of drug-likeness (QED) is 0.872. The number of carbonyl (C=O) groups excluding carboxylic acids is 1. The average Bonchev–Trinajstić information content (AvgIpc) is 3.00. The van der Waals surface area contributed by atoms with E-state index in [9.17, 15) is 4.79 Å². The first kappa shape index (κ1) is 11.8. The van der Waals surface area contributed by atoms with E-state index >= 15 is 0 Å². The van der Waals surface area contributed by atoms with Crippen LogP contribution in [-0.2, 0) is 4.79 Å². The van der Waals surface area contributed by atoms with E-state index in [4.69, 9.17) is 0 Å². The average molecular weight is 247 g/mol. The van der Waals surface area contributed by atoms with Crippen molar-refractivity contribution in [3.63, 3.8) is 0 Å². The molecule has 1 atom stereocenters. The predicted octanol–water partition coefficient (Wildman–Crippen LogP) is 2.38. The molecule has 2 heterocycles. The van der Waals surface area contributed by atoms with Crippen molar-refractivity contribution in [2.45, 2.75) is 56.9 Å². The maximum Gasteiger partial charge on any atom is 0.243 e. The fourth-order valence-corrected chi connectivity index (χ4v) is 3.28. The van der Waals surface area contributed by atoms with Gasteiger partial charge in [-0.1, -0.05) is 12.8 Å². The van der Waals surface area contributed by atoms with Crippen LogP contribution in [0.3, 0.4) is 0 Å². The van der Waals surface area contributed by atoms with Crippen LogP contribution >= 0.6 is 0 Å². The highest BCUT2D eigenvalue weighted by atomic mass is 16.2. The fourth-order valence-electron chi connectivity index (χ4n) is 3.28. The van der Waals surface area contributed by atoms with E-state index in [1.54, 1.807) is 0 Å². The molecule has 4 nitrogen and oxygen atoms in total. The van der Waals surface area contributed by atoms with Crippen molar-refractivity contribution in [2.75, 3.05) is 6.54 Å². The van der Waals surface area contributed by atoms with Crippen molar-refractivity contribution in [1.29, 1.82) is 0 Å². The number of carbonyl (C=O) groups is 1. The Hall–Kier alpha value is -1.32. The van der Waals surface area contributed by atoms with Gasteiger partial charge in [0.25, 0.3) is 0 Å². The maximum absolute atomic E-state index is 12.1. The van der Waals surface area contributed by atoms with Gasteiger partial charge in [-0.05, 0) is 32.1 Å². The highest BCUT2D eigenvalue weighted by Crippen LogP contribution is 2.35.